The predicted octanol–water partition coefficient (Wildman–Crippen LogP) is 0.215. The molecule has 1 rings (SSSR count). The van der Waals surface area contributed by atoms with Crippen molar-refractivity contribution < 1.29 is 8.42 Å². The second-order valence-corrected chi connectivity index (χ2v) is 5.58. The van der Waals surface area contributed by atoms with Crippen molar-refractivity contribution in [2.45, 2.75) is 6.92 Å². The molecule has 15 heavy (non-hydrogen) atoms. The third-order valence-corrected chi connectivity index (χ3v) is 3.66. The van der Waals surface area contributed by atoms with E-state index in [4.69, 9.17) is 5.73 Å². The summed E-state index contributed by atoms with van der Waals surface area (Å²) in [5, 5.41) is 0.332. The monoisotopic (exact) mass is 245 g/mol. The fourth-order valence-corrected chi connectivity index (χ4v) is 2.28. The van der Waals surface area contributed by atoms with Gasteiger partial charge in [0.25, 0.3) is 0 Å². The van der Waals surface area contributed by atoms with Gasteiger partial charge in [-0.25, -0.2) is 13.4 Å². The van der Waals surface area contributed by atoms with Gasteiger partial charge in [0.1, 0.15) is 0 Å². The van der Waals surface area contributed by atoms with Gasteiger partial charge in [-0.15, -0.1) is 0 Å². The molecule has 82 valence electrons. The van der Waals surface area contributed by atoms with Crippen LogP contribution in [0.5, 0.6) is 0 Å². The quantitative estimate of drug-likeness (QED) is 0.746. The number of aromatic nitrogens is 1. The van der Waals surface area contributed by atoms with Gasteiger partial charge >= 0.3 is 0 Å². The zero-order chi connectivity index (χ0) is 11.3. The predicted molar refractivity (Wildman–Crippen MR) is 61.1 cm³/mol. The Bertz CT molecular complexity index is 481. The van der Waals surface area contributed by atoms with Gasteiger partial charge in [-0.2, -0.15) is 0 Å². The van der Waals surface area contributed by atoms with E-state index < -0.39 is 10.0 Å². The van der Waals surface area contributed by atoms with Crippen LogP contribution in [0.1, 0.15) is 11.8 Å². The van der Waals surface area contributed by atoms with E-state index >= 15 is 0 Å². The van der Waals surface area contributed by atoms with Gasteiger partial charge in [-0.3, -0.25) is 4.72 Å². The summed E-state index contributed by atoms with van der Waals surface area (Å²) in [6.07, 6.45) is 1.51. The van der Waals surface area contributed by atoms with Crippen molar-refractivity contribution in [1.82, 2.24) is 4.98 Å². The molecule has 0 spiro atoms. The summed E-state index contributed by atoms with van der Waals surface area (Å²) in [6.45, 7) is 1.83. The number of hydrogen-bond acceptors (Lipinski definition) is 5. The van der Waals surface area contributed by atoms with Gasteiger partial charge in [0.2, 0.25) is 10.0 Å². The topological polar surface area (TPSA) is 85.1 Å². The summed E-state index contributed by atoms with van der Waals surface area (Å²) >= 11 is 1.18. The van der Waals surface area contributed by atoms with Crippen LogP contribution in [-0.2, 0) is 10.0 Å². The van der Waals surface area contributed by atoms with Crippen molar-refractivity contribution in [3.05, 3.63) is 11.1 Å². The van der Waals surface area contributed by atoms with Crippen LogP contribution < -0.4 is 10.5 Å². The summed E-state index contributed by atoms with van der Waals surface area (Å²) in [6, 6.07) is 0. The fraction of sp³-hybridized carbons (Fsp3) is 0.375. The fourth-order valence-electron chi connectivity index (χ4n) is 0.722. The first kappa shape index (κ1) is 12.0. The van der Waals surface area contributed by atoms with Gasteiger partial charge in [0.05, 0.1) is 23.4 Å². The lowest BCUT2D eigenvalue weighted by Gasteiger charge is -1.99. The molecule has 0 radical (unpaired) electrons. The molecule has 0 bridgehead atoms. The minimum atomic E-state index is -3.25. The van der Waals surface area contributed by atoms with Crippen molar-refractivity contribution >= 4 is 26.5 Å². The second-order valence-electron chi connectivity index (χ2n) is 2.54. The Hall–Kier alpha value is -1.10. The molecule has 5 nitrogen and oxygen atoms in total. The molecular formula is C8H11N3O2S2. The van der Waals surface area contributed by atoms with Gasteiger partial charge in [0, 0.05) is 0 Å². The summed E-state index contributed by atoms with van der Waals surface area (Å²) in [4.78, 5) is 4.58. The Balaban J connectivity index is 2.77. The highest BCUT2D eigenvalue weighted by molar-refractivity contribution is 7.92. The molecule has 0 saturated heterocycles. The lowest BCUT2D eigenvalue weighted by molar-refractivity contribution is 0.602. The highest BCUT2D eigenvalue weighted by atomic mass is 32.2. The molecule has 7 heteroatoms. The summed E-state index contributed by atoms with van der Waals surface area (Å²) in [7, 11) is -3.25. The van der Waals surface area contributed by atoms with E-state index in [1.165, 1.54) is 17.5 Å². The van der Waals surface area contributed by atoms with Crippen molar-refractivity contribution in [1.29, 1.82) is 0 Å². The molecule has 1 aromatic rings. The number of hydrogen-bond donors (Lipinski definition) is 2. The maximum absolute atomic E-state index is 11.2. The van der Waals surface area contributed by atoms with E-state index in [0.717, 1.165) is 0 Å². The van der Waals surface area contributed by atoms with Crippen molar-refractivity contribution in [3.8, 4) is 11.8 Å². The van der Waals surface area contributed by atoms with Crippen LogP contribution in [-0.4, -0.2) is 25.7 Å². The van der Waals surface area contributed by atoms with E-state index in [-0.39, 0.29) is 12.3 Å². The largest absolute Gasteiger partial charge is 0.320 e. The second kappa shape index (κ2) is 5.11. The third-order valence-electron chi connectivity index (χ3n) is 1.44. The Morgan fingerprint density at radius 2 is 2.40 bits per heavy atom. The standard InChI is InChI=1S/C8H11N3O2S2/c1-2-15(12,13)11-8-10-6-7(14-8)4-3-5-9/h6H,2,5,9H2,1H3,(H,10,11). The summed E-state index contributed by atoms with van der Waals surface area (Å²) in [5.74, 6) is 5.46. The maximum Gasteiger partial charge on any atom is 0.234 e. The average molecular weight is 245 g/mol. The van der Waals surface area contributed by atoms with Crippen LogP contribution in [0, 0.1) is 11.8 Å². The van der Waals surface area contributed by atoms with E-state index in [1.54, 1.807) is 6.92 Å². The van der Waals surface area contributed by atoms with Crippen molar-refractivity contribution in [2.24, 2.45) is 5.73 Å². The zero-order valence-electron chi connectivity index (χ0n) is 8.15. The number of nitrogens with zero attached hydrogens (tertiary/aromatic N) is 1. The van der Waals surface area contributed by atoms with Crippen LogP contribution in [0.2, 0.25) is 0 Å². The number of rotatable bonds is 3. The van der Waals surface area contributed by atoms with Crippen LogP contribution in [0.15, 0.2) is 6.20 Å². The SMILES string of the molecule is CCS(=O)(=O)Nc1ncc(C#CCN)s1. The average Bonchev–Trinajstić information content (AvgIpc) is 2.62. The minimum absolute atomic E-state index is 0.0242. The molecule has 0 aliphatic carbocycles. The van der Waals surface area contributed by atoms with E-state index in [9.17, 15) is 8.42 Å². The molecule has 1 aromatic heterocycles. The minimum Gasteiger partial charge on any atom is -0.320 e. The van der Waals surface area contributed by atoms with Crippen LogP contribution in [0.25, 0.3) is 0 Å². The molecule has 0 aliphatic rings. The Kier molecular flexibility index (Phi) is 4.08. The smallest absolute Gasteiger partial charge is 0.234 e. The molecular weight excluding hydrogens is 234 g/mol. The Morgan fingerprint density at radius 1 is 1.67 bits per heavy atom. The van der Waals surface area contributed by atoms with Crippen molar-refractivity contribution in [3.63, 3.8) is 0 Å². The zero-order valence-corrected chi connectivity index (χ0v) is 9.78. The number of sulfonamides is 1. The molecule has 0 aliphatic heterocycles. The lowest BCUT2D eigenvalue weighted by Crippen LogP contribution is -2.14. The molecule has 0 unspecified atom stereocenters. The Morgan fingerprint density at radius 3 is 3.00 bits per heavy atom. The number of nitrogens with two attached hydrogens (primary N) is 1. The van der Waals surface area contributed by atoms with E-state index in [1.807, 2.05) is 0 Å². The lowest BCUT2D eigenvalue weighted by atomic mass is 10.5. The maximum atomic E-state index is 11.2. The Labute approximate surface area is 92.8 Å². The highest BCUT2D eigenvalue weighted by Gasteiger charge is 2.09. The number of thiazole rings is 1. The number of anilines is 1. The third kappa shape index (κ3) is 3.87. The van der Waals surface area contributed by atoms with Crippen molar-refractivity contribution in [2.75, 3.05) is 17.0 Å². The molecule has 1 heterocycles. The number of nitrogens with one attached hydrogen (secondary N) is 1. The first-order valence-electron chi connectivity index (χ1n) is 4.22. The van der Waals surface area contributed by atoms with E-state index in [2.05, 4.69) is 21.5 Å². The summed E-state index contributed by atoms with van der Waals surface area (Å²) < 4.78 is 24.7. The first-order chi connectivity index (χ1) is 7.07. The van der Waals surface area contributed by atoms with Crippen LogP contribution in [0.4, 0.5) is 5.13 Å². The van der Waals surface area contributed by atoms with Crippen LogP contribution in [0.3, 0.4) is 0 Å². The van der Waals surface area contributed by atoms with Crippen LogP contribution >= 0.6 is 11.3 Å². The molecule has 0 aromatic carbocycles. The molecule has 0 amide bonds. The van der Waals surface area contributed by atoms with Gasteiger partial charge < -0.3 is 5.73 Å². The normalized spacial score (nSPS) is 10.5. The summed E-state index contributed by atoms with van der Waals surface area (Å²) in [5.41, 5.74) is 5.21. The molecule has 0 saturated carbocycles. The molecule has 3 N–H and O–H groups in total. The molecule has 0 fully saturated rings. The molecule has 0 atom stereocenters. The van der Waals surface area contributed by atoms with Gasteiger partial charge in [-0.1, -0.05) is 23.2 Å². The van der Waals surface area contributed by atoms with Gasteiger partial charge in [-0.05, 0) is 6.92 Å². The van der Waals surface area contributed by atoms with Gasteiger partial charge in [0.15, 0.2) is 5.13 Å². The highest BCUT2D eigenvalue weighted by Crippen LogP contribution is 2.18. The van der Waals surface area contributed by atoms with E-state index in [0.29, 0.717) is 10.0 Å². The first-order valence-corrected chi connectivity index (χ1v) is 6.69.